The lowest BCUT2D eigenvalue weighted by atomic mass is 9.98. The molecule has 1 aliphatic rings. The molecule has 0 aliphatic heterocycles. The van der Waals surface area contributed by atoms with Gasteiger partial charge in [0, 0.05) is 24.0 Å². The van der Waals surface area contributed by atoms with E-state index < -0.39 is 5.54 Å². The third-order valence-corrected chi connectivity index (χ3v) is 4.37. The van der Waals surface area contributed by atoms with Gasteiger partial charge in [-0.2, -0.15) is 0 Å². The molecule has 0 aromatic heterocycles. The van der Waals surface area contributed by atoms with Crippen molar-refractivity contribution in [2.75, 3.05) is 16.8 Å². The van der Waals surface area contributed by atoms with Gasteiger partial charge in [-0.05, 0) is 57.9 Å². The van der Waals surface area contributed by atoms with E-state index >= 15 is 0 Å². The zero-order valence-electron chi connectivity index (χ0n) is 13.4. The molecule has 4 nitrogen and oxygen atoms in total. The second-order valence-electron chi connectivity index (χ2n) is 6.24. The van der Waals surface area contributed by atoms with Gasteiger partial charge in [0.05, 0.1) is 5.54 Å². The minimum atomic E-state index is -0.675. The van der Waals surface area contributed by atoms with Crippen molar-refractivity contribution in [3.05, 3.63) is 24.3 Å². The lowest BCUT2D eigenvalue weighted by Gasteiger charge is -2.28. The van der Waals surface area contributed by atoms with Gasteiger partial charge in [0.2, 0.25) is 5.91 Å². The summed E-state index contributed by atoms with van der Waals surface area (Å²) in [5.74, 6) is -0.0519. The number of hydrogen-bond donors (Lipinski definition) is 2. The molecule has 21 heavy (non-hydrogen) atoms. The SMILES string of the molecule is CCN(c1ccc(NC(=O)C2(N)CCCC2)cc1)C(C)C. The van der Waals surface area contributed by atoms with Crippen LogP contribution in [-0.4, -0.2) is 24.0 Å². The average Bonchev–Trinajstić information content (AvgIpc) is 2.89. The molecule has 1 aliphatic carbocycles. The van der Waals surface area contributed by atoms with Gasteiger partial charge in [-0.1, -0.05) is 12.8 Å². The normalized spacial score (nSPS) is 17.0. The second-order valence-corrected chi connectivity index (χ2v) is 6.24. The highest BCUT2D eigenvalue weighted by molar-refractivity contribution is 5.98. The first-order valence-corrected chi connectivity index (χ1v) is 7.93. The van der Waals surface area contributed by atoms with Crippen LogP contribution in [0.3, 0.4) is 0 Å². The Hall–Kier alpha value is -1.55. The van der Waals surface area contributed by atoms with Crippen LogP contribution in [0.1, 0.15) is 46.5 Å². The van der Waals surface area contributed by atoms with Crippen LogP contribution in [0.4, 0.5) is 11.4 Å². The fourth-order valence-corrected chi connectivity index (χ4v) is 3.07. The van der Waals surface area contributed by atoms with E-state index in [0.717, 1.165) is 37.9 Å². The molecule has 0 spiro atoms. The Balaban J connectivity index is 2.04. The van der Waals surface area contributed by atoms with Crippen molar-refractivity contribution in [1.82, 2.24) is 0 Å². The molecule has 0 bridgehead atoms. The fraction of sp³-hybridized carbons (Fsp3) is 0.588. The molecule has 4 heteroatoms. The number of amides is 1. The molecule has 1 aromatic rings. The zero-order valence-corrected chi connectivity index (χ0v) is 13.4. The topological polar surface area (TPSA) is 58.4 Å². The smallest absolute Gasteiger partial charge is 0.244 e. The molecule has 0 radical (unpaired) electrons. The molecule has 0 atom stereocenters. The lowest BCUT2D eigenvalue weighted by Crippen LogP contribution is -2.48. The molecule has 0 heterocycles. The van der Waals surface area contributed by atoms with Gasteiger partial charge in [0.15, 0.2) is 0 Å². The van der Waals surface area contributed by atoms with Crippen LogP contribution >= 0.6 is 0 Å². The highest BCUT2D eigenvalue weighted by Gasteiger charge is 2.36. The number of carbonyl (C=O) groups is 1. The van der Waals surface area contributed by atoms with Crippen LogP contribution in [0.25, 0.3) is 0 Å². The van der Waals surface area contributed by atoms with Gasteiger partial charge < -0.3 is 16.0 Å². The molecule has 1 amide bonds. The summed E-state index contributed by atoms with van der Waals surface area (Å²) in [5, 5.41) is 2.96. The Morgan fingerprint density at radius 2 is 1.86 bits per heavy atom. The van der Waals surface area contributed by atoms with Crippen LogP contribution in [-0.2, 0) is 4.79 Å². The number of rotatable bonds is 5. The molecule has 3 N–H and O–H groups in total. The number of benzene rings is 1. The van der Waals surface area contributed by atoms with Gasteiger partial charge in [-0.25, -0.2) is 0 Å². The first kappa shape index (κ1) is 15.8. The monoisotopic (exact) mass is 289 g/mol. The number of carbonyl (C=O) groups excluding carboxylic acids is 1. The summed E-state index contributed by atoms with van der Waals surface area (Å²) in [5.41, 5.74) is 7.49. The van der Waals surface area contributed by atoms with Crippen molar-refractivity contribution in [2.45, 2.75) is 58.0 Å². The predicted octanol–water partition coefficient (Wildman–Crippen LogP) is 3.13. The van der Waals surface area contributed by atoms with E-state index in [4.69, 9.17) is 5.73 Å². The summed E-state index contributed by atoms with van der Waals surface area (Å²) < 4.78 is 0. The van der Waals surface area contributed by atoms with E-state index in [1.54, 1.807) is 0 Å². The Labute approximate surface area is 127 Å². The van der Waals surface area contributed by atoms with Crippen LogP contribution in [0.2, 0.25) is 0 Å². The quantitative estimate of drug-likeness (QED) is 0.875. The lowest BCUT2D eigenvalue weighted by molar-refractivity contribution is -0.121. The number of nitrogens with two attached hydrogens (primary N) is 1. The van der Waals surface area contributed by atoms with Gasteiger partial charge in [0.1, 0.15) is 0 Å². The Bertz CT molecular complexity index is 475. The minimum Gasteiger partial charge on any atom is -0.369 e. The van der Waals surface area contributed by atoms with Crippen LogP contribution < -0.4 is 16.0 Å². The second kappa shape index (κ2) is 6.48. The van der Waals surface area contributed by atoms with E-state index in [0.29, 0.717) is 6.04 Å². The number of nitrogens with one attached hydrogen (secondary N) is 1. The van der Waals surface area contributed by atoms with E-state index in [9.17, 15) is 4.79 Å². The van der Waals surface area contributed by atoms with Crippen molar-refractivity contribution in [2.24, 2.45) is 5.73 Å². The van der Waals surface area contributed by atoms with Crippen molar-refractivity contribution < 1.29 is 4.79 Å². The number of hydrogen-bond acceptors (Lipinski definition) is 3. The van der Waals surface area contributed by atoms with E-state index in [2.05, 4.69) is 43.1 Å². The minimum absolute atomic E-state index is 0.0519. The van der Waals surface area contributed by atoms with E-state index in [1.165, 1.54) is 5.69 Å². The highest BCUT2D eigenvalue weighted by Crippen LogP contribution is 2.28. The molecular formula is C17H27N3O. The summed E-state index contributed by atoms with van der Waals surface area (Å²) in [4.78, 5) is 14.6. The predicted molar refractivity (Wildman–Crippen MR) is 88.6 cm³/mol. The summed E-state index contributed by atoms with van der Waals surface area (Å²) in [6.07, 6.45) is 3.66. The van der Waals surface area contributed by atoms with Gasteiger partial charge in [0.25, 0.3) is 0 Å². The molecule has 116 valence electrons. The molecule has 0 unspecified atom stereocenters. The number of anilines is 2. The van der Waals surface area contributed by atoms with E-state index in [-0.39, 0.29) is 5.91 Å². The van der Waals surface area contributed by atoms with E-state index in [1.807, 2.05) is 12.1 Å². The molecule has 0 saturated heterocycles. The van der Waals surface area contributed by atoms with Crippen LogP contribution in [0.5, 0.6) is 0 Å². The highest BCUT2D eigenvalue weighted by atomic mass is 16.2. The van der Waals surface area contributed by atoms with Gasteiger partial charge in [-0.3, -0.25) is 4.79 Å². The summed E-state index contributed by atoms with van der Waals surface area (Å²) in [6, 6.07) is 8.47. The van der Waals surface area contributed by atoms with Crippen molar-refractivity contribution in [3.8, 4) is 0 Å². The summed E-state index contributed by atoms with van der Waals surface area (Å²) in [6.45, 7) is 7.47. The van der Waals surface area contributed by atoms with Crippen molar-refractivity contribution >= 4 is 17.3 Å². The van der Waals surface area contributed by atoms with Crippen LogP contribution in [0, 0.1) is 0 Å². The first-order chi connectivity index (χ1) is 9.96. The maximum atomic E-state index is 12.3. The Kier molecular flexibility index (Phi) is 4.88. The van der Waals surface area contributed by atoms with Crippen LogP contribution in [0.15, 0.2) is 24.3 Å². The summed E-state index contributed by atoms with van der Waals surface area (Å²) in [7, 11) is 0. The molecule has 1 saturated carbocycles. The molecular weight excluding hydrogens is 262 g/mol. The fourth-order valence-electron chi connectivity index (χ4n) is 3.07. The Morgan fingerprint density at radius 3 is 2.33 bits per heavy atom. The van der Waals surface area contributed by atoms with Gasteiger partial charge in [-0.15, -0.1) is 0 Å². The standard InChI is InChI=1S/C17H27N3O/c1-4-20(13(2)3)15-9-7-14(8-10-15)19-16(21)17(18)11-5-6-12-17/h7-10,13H,4-6,11-12,18H2,1-3H3,(H,19,21). The third-order valence-electron chi connectivity index (χ3n) is 4.37. The van der Waals surface area contributed by atoms with Crippen molar-refractivity contribution in [3.63, 3.8) is 0 Å². The molecule has 1 fully saturated rings. The number of nitrogens with zero attached hydrogens (tertiary/aromatic N) is 1. The zero-order chi connectivity index (χ0) is 15.5. The van der Waals surface area contributed by atoms with Crippen molar-refractivity contribution in [1.29, 1.82) is 0 Å². The molecule has 1 aromatic carbocycles. The van der Waals surface area contributed by atoms with Gasteiger partial charge >= 0.3 is 0 Å². The largest absolute Gasteiger partial charge is 0.369 e. The Morgan fingerprint density at radius 1 is 1.29 bits per heavy atom. The summed E-state index contributed by atoms with van der Waals surface area (Å²) >= 11 is 0. The average molecular weight is 289 g/mol. The molecule has 2 rings (SSSR count). The third kappa shape index (κ3) is 3.56. The maximum absolute atomic E-state index is 12.3. The maximum Gasteiger partial charge on any atom is 0.244 e. The first-order valence-electron chi connectivity index (χ1n) is 7.93.